The lowest BCUT2D eigenvalue weighted by molar-refractivity contribution is 0.0504. The Morgan fingerprint density at radius 2 is 2.00 bits per heavy atom. The maximum atomic E-state index is 11.9. The van der Waals surface area contributed by atoms with Crippen molar-refractivity contribution in [1.29, 1.82) is 0 Å². The summed E-state index contributed by atoms with van der Waals surface area (Å²) in [6.07, 6.45) is 5.34. The fourth-order valence-corrected chi connectivity index (χ4v) is 2.86. The smallest absolute Gasteiger partial charge is 0.407 e. The number of alkyl carbamates (subject to hydrolysis) is 1. The van der Waals surface area contributed by atoms with Crippen LogP contribution < -0.4 is 5.32 Å². The average Bonchev–Trinajstić information content (AvgIpc) is 2.88. The van der Waals surface area contributed by atoms with Crippen molar-refractivity contribution in [1.82, 2.24) is 14.9 Å². The van der Waals surface area contributed by atoms with Crippen LogP contribution in [0, 0.1) is 0 Å². The SMILES string of the molecule is CC(Cn1ccc2ccc3ccncc3c21)NC(=O)OC(C)(C)C. The van der Waals surface area contributed by atoms with Gasteiger partial charge in [-0.05, 0) is 45.2 Å². The molecule has 5 heteroatoms. The fourth-order valence-electron chi connectivity index (χ4n) is 2.86. The van der Waals surface area contributed by atoms with Crippen molar-refractivity contribution >= 4 is 27.8 Å². The molecule has 2 aromatic heterocycles. The predicted octanol–water partition coefficient (Wildman–Crippen LogP) is 4.10. The second-order valence-electron chi connectivity index (χ2n) is 7.12. The molecule has 0 saturated heterocycles. The minimum Gasteiger partial charge on any atom is -0.444 e. The Morgan fingerprint density at radius 3 is 2.75 bits per heavy atom. The highest BCUT2D eigenvalue weighted by Crippen LogP contribution is 2.25. The zero-order chi connectivity index (χ0) is 17.3. The normalized spacial score (nSPS) is 13.2. The topological polar surface area (TPSA) is 56.2 Å². The Kier molecular flexibility index (Phi) is 4.18. The first-order valence-corrected chi connectivity index (χ1v) is 8.14. The van der Waals surface area contributed by atoms with Crippen LogP contribution in [0.25, 0.3) is 21.7 Å². The lowest BCUT2D eigenvalue weighted by Gasteiger charge is -2.22. The quantitative estimate of drug-likeness (QED) is 0.788. The van der Waals surface area contributed by atoms with Gasteiger partial charge in [0.1, 0.15) is 5.60 Å². The molecule has 1 amide bonds. The van der Waals surface area contributed by atoms with Gasteiger partial charge in [0.05, 0.1) is 5.52 Å². The first-order valence-electron chi connectivity index (χ1n) is 8.14. The molecule has 0 radical (unpaired) electrons. The third-order valence-electron chi connectivity index (χ3n) is 3.78. The molecule has 5 nitrogen and oxygen atoms in total. The summed E-state index contributed by atoms with van der Waals surface area (Å²) in [5, 5.41) is 6.33. The van der Waals surface area contributed by atoms with Crippen LogP contribution >= 0.6 is 0 Å². The minimum atomic E-state index is -0.494. The van der Waals surface area contributed by atoms with Gasteiger partial charge in [-0.1, -0.05) is 12.1 Å². The van der Waals surface area contributed by atoms with Crippen LogP contribution in [-0.4, -0.2) is 27.3 Å². The Bertz CT molecular complexity index is 877. The van der Waals surface area contributed by atoms with Crippen molar-refractivity contribution in [2.75, 3.05) is 0 Å². The number of ether oxygens (including phenoxy) is 1. The molecule has 24 heavy (non-hydrogen) atoms. The number of fused-ring (bicyclic) bond motifs is 3. The highest BCUT2D eigenvalue weighted by molar-refractivity contribution is 6.05. The second-order valence-corrected chi connectivity index (χ2v) is 7.12. The summed E-state index contributed by atoms with van der Waals surface area (Å²) in [6, 6.07) is 8.25. The lowest BCUT2D eigenvalue weighted by Crippen LogP contribution is -2.39. The van der Waals surface area contributed by atoms with Crippen molar-refractivity contribution in [3.63, 3.8) is 0 Å². The Balaban J connectivity index is 1.83. The number of nitrogens with zero attached hydrogens (tertiary/aromatic N) is 2. The molecule has 126 valence electrons. The minimum absolute atomic E-state index is 0.0534. The summed E-state index contributed by atoms with van der Waals surface area (Å²) < 4.78 is 7.47. The first kappa shape index (κ1) is 16.3. The third kappa shape index (κ3) is 3.50. The molecule has 2 heterocycles. The summed E-state index contributed by atoms with van der Waals surface area (Å²) in [5.74, 6) is 0. The Hall–Kier alpha value is -2.56. The Morgan fingerprint density at radius 1 is 1.25 bits per heavy atom. The van der Waals surface area contributed by atoms with Gasteiger partial charge in [-0.15, -0.1) is 0 Å². The number of carbonyl (C=O) groups excluding carboxylic acids is 1. The van der Waals surface area contributed by atoms with Gasteiger partial charge < -0.3 is 14.6 Å². The zero-order valence-electron chi connectivity index (χ0n) is 14.5. The summed E-state index contributed by atoms with van der Waals surface area (Å²) in [4.78, 5) is 16.2. The molecule has 0 aliphatic rings. The van der Waals surface area contributed by atoms with Gasteiger partial charge in [0, 0.05) is 41.9 Å². The van der Waals surface area contributed by atoms with Gasteiger partial charge >= 0.3 is 6.09 Å². The summed E-state index contributed by atoms with van der Waals surface area (Å²) >= 11 is 0. The van der Waals surface area contributed by atoms with E-state index in [1.807, 2.05) is 46.2 Å². The summed E-state index contributed by atoms with van der Waals surface area (Å²) in [5.41, 5.74) is 0.643. The van der Waals surface area contributed by atoms with E-state index in [1.165, 1.54) is 5.39 Å². The molecule has 0 bridgehead atoms. The van der Waals surface area contributed by atoms with Crippen molar-refractivity contribution in [3.05, 3.63) is 42.9 Å². The average molecular weight is 325 g/mol. The first-order chi connectivity index (χ1) is 11.3. The van der Waals surface area contributed by atoms with E-state index in [9.17, 15) is 4.79 Å². The molecule has 0 spiro atoms. The second kappa shape index (κ2) is 6.15. The van der Waals surface area contributed by atoms with E-state index in [1.54, 1.807) is 6.20 Å². The van der Waals surface area contributed by atoms with Crippen molar-refractivity contribution in [2.24, 2.45) is 0 Å². The predicted molar refractivity (Wildman–Crippen MR) is 96.1 cm³/mol. The number of amides is 1. The van der Waals surface area contributed by atoms with Crippen LogP contribution in [0.3, 0.4) is 0 Å². The number of aromatic nitrogens is 2. The van der Waals surface area contributed by atoms with Crippen LogP contribution in [0.1, 0.15) is 27.7 Å². The largest absolute Gasteiger partial charge is 0.444 e. The van der Waals surface area contributed by atoms with Gasteiger partial charge in [0.15, 0.2) is 0 Å². The van der Waals surface area contributed by atoms with Crippen LogP contribution in [0.2, 0.25) is 0 Å². The number of pyridine rings is 1. The molecule has 1 unspecified atom stereocenters. The van der Waals surface area contributed by atoms with Gasteiger partial charge in [0.2, 0.25) is 0 Å². The van der Waals surface area contributed by atoms with Crippen LogP contribution in [0.5, 0.6) is 0 Å². The third-order valence-corrected chi connectivity index (χ3v) is 3.78. The molecule has 1 N–H and O–H groups in total. The molecule has 1 atom stereocenters. The maximum absolute atomic E-state index is 11.9. The molecule has 0 saturated carbocycles. The van der Waals surface area contributed by atoms with E-state index in [0.29, 0.717) is 6.54 Å². The maximum Gasteiger partial charge on any atom is 0.407 e. The molecule has 3 aromatic rings. The van der Waals surface area contributed by atoms with Gasteiger partial charge in [-0.2, -0.15) is 0 Å². The van der Waals surface area contributed by atoms with E-state index < -0.39 is 11.7 Å². The van der Waals surface area contributed by atoms with Crippen molar-refractivity contribution in [2.45, 2.75) is 45.9 Å². The van der Waals surface area contributed by atoms with E-state index >= 15 is 0 Å². The highest BCUT2D eigenvalue weighted by atomic mass is 16.6. The van der Waals surface area contributed by atoms with Gasteiger partial charge in [-0.3, -0.25) is 4.98 Å². The molecule has 1 aromatic carbocycles. The highest BCUT2D eigenvalue weighted by Gasteiger charge is 2.18. The molecule has 3 rings (SSSR count). The molecule has 0 aliphatic heterocycles. The van der Waals surface area contributed by atoms with Gasteiger partial charge in [0.25, 0.3) is 0 Å². The molecular weight excluding hydrogens is 302 g/mol. The number of nitrogens with one attached hydrogen (secondary N) is 1. The number of carbonyl (C=O) groups is 1. The number of rotatable bonds is 3. The number of hydrogen-bond donors (Lipinski definition) is 1. The fraction of sp³-hybridized carbons (Fsp3) is 0.368. The van der Waals surface area contributed by atoms with E-state index in [2.05, 4.69) is 33.1 Å². The van der Waals surface area contributed by atoms with E-state index in [0.717, 1.165) is 16.3 Å². The Labute approximate surface area is 141 Å². The van der Waals surface area contributed by atoms with Crippen LogP contribution in [0.15, 0.2) is 42.9 Å². The lowest BCUT2D eigenvalue weighted by atomic mass is 10.1. The summed E-state index contributed by atoms with van der Waals surface area (Å²) in [6.45, 7) is 8.21. The van der Waals surface area contributed by atoms with E-state index in [4.69, 9.17) is 4.74 Å². The number of benzene rings is 1. The molecular formula is C19H23N3O2. The van der Waals surface area contributed by atoms with Crippen molar-refractivity contribution in [3.8, 4) is 0 Å². The monoisotopic (exact) mass is 325 g/mol. The van der Waals surface area contributed by atoms with Crippen LogP contribution in [0.4, 0.5) is 4.79 Å². The number of hydrogen-bond acceptors (Lipinski definition) is 3. The van der Waals surface area contributed by atoms with Gasteiger partial charge in [-0.25, -0.2) is 4.79 Å². The van der Waals surface area contributed by atoms with Crippen LogP contribution in [-0.2, 0) is 11.3 Å². The zero-order valence-corrected chi connectivity index (χ0v) is 14.5. The summed E-state index contributed by atoms with van der Waals surface area (Å²) in [7, 11) is 0. The standard InChI is InChI=1S/C19H23N3O2/c1-13(21-18(23)24-19(2,3)4)12-22-10-8-15-6-5-14-7-9-20-11-16(14)17(15)22/h5-11,13H,12H2,1-4H3,(H,21,23). The van der Waals surface area contributed by atoms with E-state index in [-0.39, 0.29) is 6.04 Å². The molecule has 0 aliphatic carbocycles. The van der Waals surface area contributed by atoms with Crippen molar-refractivity contribution < 1.29 is 9.53 Å². The molecule has 0 fully saturated rings.